The number of hydrogen-bond donors (Lipinski definition) is 2. The Labute approximate surface area is 166 Å². The highest BCUT2D eigenvalue weighted by atomic mass is 19.4. The molecule has 1 atom stereocenters. The number of ether oxygens (including phenoxy) is 1. The van der Waals surface area contributed by atoms with Crippen LogP contribution < -0.4 is 5.32 Å². The largest absolute Gasteiger partial charge is 0.457 e. The summed E-state index contributed by atoms with van der Waals surface area (Å²) in [6.07, 6.45) is -3.10. The standard InChI is InChI=1S/C22H22F3NO3/c23-22(24,25)21(28,13-20(9-4-10-20)16-5-2-1-3-6-16)14-26-17-7-8-18-15(11-17)12-29-19(18)27/h1-3,5-8,11,26,28H,4,9-10,12-14H2. The third kappa shape index (κ3) is 3.59. The molecule has 0 radical (unpaired) electrons. The number of fused-ring (bicyclic) bond motifs is 1. The topological polar surface area (TPSA) is 58.6 Å². The van der Waals surface area contributed by atoms with Gasteiger partial charge in [0.2, 0.25) is 0 Å². The molecule has 0 amide bonds. The highest BCUT2D eigenvalue weighted by Gasteiger charge is 2.58. The van der Waals surface area contributed by atoms with Gasteiger partial charge in [-0.1, -0.05) is 36.8 Å². The Balaban J connectivity index is 1.55. The van der Waals surface area contributed by atoms with Crippen LogP contribution in [-0.2, 0) is 16.8 Å². The number of carbonyl (C=O) groups is 1. The Morgan fingerprint density at radius 2 is 1.83 bits per heavy atom. The fraction of sp³-hybridized carbons (Fsp3) is 0.409. The Bertz CT molecular complexity index is 909. The summed E-state index contributed by atoms with van der Waals surface area (Å²) in [5, 5.41) is 13.5. The zero-order valence-electron chi connectivity index (χ0n) is 15.8. The number of rotatable bonds is 6. The second-order valence-electron chi connectivity index (χ2n) is 8.01. The lowest BCUT2D eigenvalue weighted by Gasteiger charge is -2.47. The van der Waals surface area contributed by atoms with Crippen molar-refractivity contribution in [3.63, 3.8) is 0 Å². The number of benzene rings is 2. The quantitative estimate of drug-likeness (QED) is 0.691. The fourth-order valence-corrected chi connectivity index (χ4v) is 4.28. The van der Waals surface area contributed by atoms with Crippen molar-refractivity contribution in [3.05, 3.63) is 65.2 Å². The fourth-order valence-electron chi connectivity index (χ4n) is 4.28. The van der Waals surface area contributed by atoms with E-state index in [1.807, 2.05) is 30.3 Å². The number of hydrogen-bond acceptors (Lipinski definition) is 4. The molecule has 2 N–H and O–H groups in total. The first-order chi connectivity index (χ1) is 13.7. The van der Waals surface area contributed by atoms with Crippen LogP contribution in [0.2, 0.25) is 0 Å². The summed E-state index contributed by atoms with van der Waals surface area (Å²) < 4.78 is 46.7. The van der Waals surface area contributed by atoms with Crippen LogP contribution in [0.25, 0.3) is 0 Å². The van der Waals surface area contributed by atoms with Crippen molar-refractivity contribution in [2.45, 2.75) is 49.5 Å². The van der Waals surface area contributed by atoms with Crippen molar-refractivity contribution in [2.24, 2.45) is 0 Å². The maximum absolute atomic E-state index is 13.9. The van der Waals surface area contributed by atoms with Gasteiger partial charge in [-0.05, 0) is 48.4 Å². The zero-order chi connectivity index (χ0) is 20.7. The molecule has 0 saturated heterocycles. The van der Waals surface area contributed by atoms with E-state index in [2.05, 4.69) is 5.32 Å². The number of anilines is 1. The Morgan fingerprint density at radius 3 is 2.45 bits per heavy atom. The number of carbonyl (C=O) groups excluding carboxylic acids is 1. The van der Waals surface area contributed by atoms with Gasteiger partial charge in [0.15, 0.2) is 5.60 Å². The molecule has 2 aliphatic rings. The molecule has 1 saturated carbocycles. The molecule has 154 valence electrons. The summed E-state index contributed by atoms with van der Waals surface area (Å²) in [5.41, 5.74) is -1.27. The van der Waals surface area contributed by atoms with Gasteiger partial charge in [-0.3, -0.25) is 0 Å². The summed E-state index contributed by atoms with van der Waals surface area (Å²) >= 11 is 0. The lowest BCUT2D eigenvalue weighted by atomic mass is 9.59. The molecule has 0 bridgehead atoms. The van der Waals surface area contributed by atoms with Crippen LogP contribution in [0.5, 0.6) is 0 Å². The van der Waals surface area contributed by atoms with E-state index in [9.17, 15) is 23.1 Å². The molecule has 0 aromatic heterocycles. The van der Waals surface area contributed by atoms with Crippen LogP contribution in [0.1, 0.15) is 47.2 Å². The van der Waals surface area contributed by atoms with Crippen molar-refractivity contribution in [2.75, 3.05) is 11.9 Å². The number of alkyl halides is 3. The average molecular weight is 405 g/mol. The van der Waals surface area contributed by atoms with E-state index in [1.165, 1.54) is 12.1 Å². The van der Waals surface area contributed by atoms with E-state index in [1.54, 1.807) is 6.07 Å². The third-order valence-electron chi connectivity index (χ3n) is 6.12. The number of aliphatic hydroxyl groups is 1. The van der Waals surface area contributed by atoms with Crippen molar-refractivity contribution in [1.82, 2.24) is 0 Å². The van der Waals surface area contributed by atoms with Gasteiger partial charge in [0.25, 0.3) is 0 Å². The molecule has 2 aromatic carbocycles. The molecule has 1 heterocycles. The normalized spacial score (nSPS) is 19.7. The van der Waals surface area contributed by atoms with Crippen molar-refractivity contribution in [1.29, 1.82) is 0 Å². The second-order valence-corrected chi connectivity index (χ2v) is 8.01. The monoisotopic (exact) mass is 405 g/mol. The maximum Gasteiger partial charge on any atom is 0.418 e. The molecule has 1 unspecified atom stereocenters. The molecule has 29 heavy (non-hydrogen) atoms. The predicted molar refractivity (Wildman–Crippen MR) is 102 cm³/mol. The van der Waals surface area contributed by atoms with Gasteiger partial charge >= 0.3 is 12.1 Å². The molecule has 1 fully saturated rings. The molecule has 7 heteroatoms. The molecule has 4 rings (SSSR count). The number of nitrogens with one attached hydrogen (secondary N) is 1. The van der Waals surface area contributed by atoms with Gasteiger partial charge in [0.05, 0.1) is 12.1 Å². The van der Waals surface area contributed by atoms with E-state index >= 15 is 0 Å². The molecule has 0 spiro atoms. The van der Waals surface area contributed by atoms with Crippen LogP contribution >= 0.6 is 0 Å². The zero-order valence-corrected chi connectivity index (χ0v) is 15.8. The summed E-state index contributed by atoms with van der Waals surface area (Å²) in [7, 11) is 0. The van der Waals surface area contributed by atoms with E-state index < -0.39 is 36.1 Å². The Morgan fingerprint density at radius 1 is 1.10 bits per heavy atom. The van der Waals surface area contributed by atoms with Gasteiger partial charge in [-0.15, -0.1) is 0 Å². The molecule has 1 aliphatic carbocycles. The summed E-state index contributed by atoms with van der Waals surface area (Å²) in [6, 6.07) is 13.8. The van der Waals surface area contributed by atoms with Crippen LogP contribution in [0, 0.1) is 0 Å². The van der Waals surface area contributed by atoms with E-state index in [0.717, 1.165) is 12.0 Å². The summed E-state index contributed by atoms with van der Waals surface area (Å²) in [4.78, 5) is 11.5. The van der Waals surface area contributed by atoms with Crippen LogP contribution in [0.4, 0.5) is 18.9 Å². The lowest BCUT2D eigenvalue weighted by Crippen LogP contribution is -2.56. The lowest BCUT2D eigenvalue weighted by molar-refractivity contribution is -0.263. The molecule has 1 aliphatic heterocycles. The molecule has 2 aromatic rings. The smallest absolute Gasteiger partial charge is 0.418 e. The minimum atomic E-state index is -4.78. The highest BCUT2D eigenvalue weighted by molar-refractivity contribution is 5.93. The molecule has 4 nitrogen and oxygen atoms in total. The van der Waals surface area contributed by atoms with Crippen molar-refractivity contribution in [3.8, 4) is 0 Å². The first-order valence-electron chi connectivity index (χ1n) is 9.61. The van der Waals surface area contributed by atoms with E-state index in [0.29, 0.717) is 29.7 Å². The highest BCUT2D eigenvalue weighted by Crippen LogP contribution is 2.51. The molecular formula is C22H22F3NO3. The van der Waals surface area contributed by atoms with Gasteiger partial charge in [0, 0.05) is 11.3 Å². The summed E-state index contributed by atoms with van der Waals surface area (Å²) in [6.45, 7) is -0.566. The van der Waals surface area contributed by atoms with Gasteiger partial charge in [0.1, 0.15) is 6.61 Å². The van der Waals surface area contributed by atoms with Crippen LogP contribution in [0.15, 0.2) is 48.5 Å². The second kappa shape index (κ2) is 7.06. The van der Waals surface area contributed by atoms with Crippen LogP contribution in [-0.4, -0.2) is 29.4 Å². The van der Waals surface area contributed by atoms with Crippen molar-refractivity contribution >= 4 is 11.7 Å². The first kappa shape index (κ1) is 19.8. The third-order valence-corrected chi connectivity index (χ3v) is 6.12. The average Bonchev–Trinajstić information content (AvgIpc) is 3.03. The number of cyclic esters (lactones) is 1. The SMILES string of the molecule is O=C1OCc2cc(NCC(O)(CC3(c4ccccc4)CCC3)C(F)(F)F)ccc21. The predicted octanol–water partition coefficient (Wildman–Crippen LogP) is 4.57. The van der Waals surface area contributed by atoms with Crippen molar-refractivity contribution < 1.29 is 27.8 Å². The Hall–Kier alpha value is -2.54. The first-order valence-corrected chi connectivity index (χ1v) is 9.61. The van der Waals surface area contributed by atoms with E-state index in [-0.39, 0.29) is 6.61 Å². The summed E-state index contributed by atoms with van der Waals surface area (Å²) in [5.74, 6) is -0.437. The van der Waals surface area contributed by atoms with Gasteiger partial charge in [-0.2, -0.15) is 13.2 Å². The molecular weight excluding hydrogens is 383 g/mol. The maximum atomic E-state index is 13.9. The minimum Gasteiger partial charge on any atom is -0.457 e. The van der Waals surface area contributed by atoms with Crippen LogP contribution in [0.3, 0.4) is 0 Å². The van der Waals surface area contributed by atoms with Gasteiger partial charge in [-0.25, -0.2) is 4.79 Å². The van der Waals surface area contributed by atoms with E-state index in [4.69, 9.17) is 4.74 Å². The minimum absolute atomic E-state index is 0.102. The Kier molecular flexibility index (Phi) is 4.81. The number of esters is 1. The number of halogens is 3. The van der Waals surface area contributed by atoms with Gasteiger partial charge < -0.3 is 15.2 Å².